The van der Waals surface area contributed by atoms with E-state index in [-0.39, 0.29) is 37.2 Å². The Hall–Kier alpha value is -1.30. The Morgan fingerprint density at radius 1 is 0.863 bits per heavy atom. The standard InChI is InChI=1S/C37H67NO13/c1-14-25-37(10,44)30(41)20(4)27(39)18(2)16-36(9,46-13)32(51-34-28(40)24(38-11)15-19(3)47-34)21(5)29(22(6)33(43)49-25)50-26-17-35(8,45-12)31(42)23(7)48-26/h18-26,28-32,34,38,40-42,44H,14-17H2,1-13H3/t18-,19-,20+,21+,22-,23+,24+,25-,26+,28-,29+,30-,31+,32-,34+,35-,36+,37-/m1/s1. The molecule has 0 aromatic rings. The Balaban J connectivity index is 2.21. The third-order valence-corrected chi connectivity index (χ3v) is 12.0. The van der Waals surface area contributed by atoms with Crippen LogP contribution in [-0.4, -0.2) is 138 Å². The summed E-state index contributed by atoms with van der Waals surface area (Å²) in [4.78, 5) is 28.1. The van der Waals surface area contributed by atoms with Crippen molar-refractivity contribution in [2.45, 2.75) is 179 Å². The zero-order valence-corrected chi connectivity index (χ0v) is 33.0. The van der Waals surface area contributed by atoms with Gasteiger partial charge in [-0.15, -0.1) is 0 Å². The van der Waals surface area contributed by atoms with Crippen LogP contribution in [0.2, 0.25) is 0 Å². The molecule has 14 heteroatoms. The second kappa shape index (κ2) is 17.4. The third-order valence-electron chi connectivity index (χ3n) is 12.0. The van der Waals surface area contributed by atoms with E-state index in [2.05, 4.69) is 5.32 Å². The van der Waals surface area contributed by atoms with Gasteiger partial charge in [0.2, 0.25) is 0 Å². The number of hydrogen-bond donors (Lipinski definition) is 5. The molecular weight excluding hydrogens is 666 g/mol. The Kier molecular flexibility index (Phi) is 15.1. The number of ketones is 1. The molecule has 3 saturated heterocycles. The molecule has 51 heavy (non-hydrogen) atoms. The number of cyclic esters (lactones) is 1. The number of hydrogen-bond acceptors (Lipinski definition) is 14. The van der Waals surface area contributed by atoms with E-state index >= 15 is 0 Å². The minimum atomic E-state index is -1.96. The first-order valence-corrected chi connectivity index (χ1v) is 18.5. The van der Waals surface area contributed by atoms with E-state index in [1.54, 1.807) is 55.5 Å². The van der Waals surface area contributed by atoms with Crippen molar-refractivity contribution < 1.29 is 63.2 Å². The van der Waals surface area contributed by atoms with Crippen LogP contribution in [0.3, 0.4) is 0 Å². The second-order valence-corrected chi connectivity index (χ2v) is 16.0. The summed E-state index contributed by atoms with van der Waals surface area (Å²) in [6.45, 7) is 17.0. The molecule has 5 N–H and O–H groups in total. The Morgan fingerprint density at radius 3 is 2.02 bits per heavy atom. The molecule has 3 aliphatic rings. The lowest BCUT2D eigenvalue weighted by molar-refractivity contribution is -0.317. The Bertz CT molecular complexity index is 1160. The number of likely N-dealkylation sites (N-methyl/N-ethyl adjacent to an activating group) is 1. The van der Waals surface area contributed by atoms with Crippen molar-refractivity contribution in [1.29, 1.82) is 0 Å². The summed E-state index contributed by atoms with van der Waals surface area (Å²) < 4.78 is 43.7. The minimum absolute atomic E-state index is 0.109. The van der Waals surface area contributed by atoms with Gasteiger partial charge in [-0.1, -0.05) is 27.7 Å². The second-order valence-electron chi connectivity index (χ2n) is 16.0. The number of esters is 1. The van der Waals surface area contributed by atoms with Gasteiger partial charge in [0.15, 0.2) is 12.6 Å². The van der Waals surface area contributed by atoms with Crippen molar-refractivity contribution in [3.63, 3.8) is 0 Å². The first kappa shape index (κ1) is 44.1. The first-order chi connectivity index (χ1) is 23.6. The maximum absolute atomic E-state index is 14.1. The van der Waals surface area contributed by atoms with Gasteiger partial charge in [-0.3, -0.25) is 9.59 Å². The lowest BCUT2D eigenvalue weighted by Crippen LogP contribution is -2.61. The molecule has 0 aromatic carbocycles. The molecule has 3 fully saturated rings. The third kappa shape index (κ3) is 9.33. The molecule has 0 saturated carbocycles. The quantitative estimate of drug-likeness (QED) is 0.228. The summed E-state index contributed by atoms with van der Waals surface area (Å²) in [6.07, 6.45) is -8.78. The van der Waals surface area contributed by atoms with Crippen molar-refractivity contribution >= 4 is 11.8 Å². The number of rotatable bonds is 8. The van der Waals surface area contributed by atoms with Crippen molar-refractivity contribution in [2.24, 2.45) is 23.7 Å². The van der Waals surface area contributed by atoms with E-state index in [1.807, 2.05) is 13.8 Å². The highest BCUT2D eigenvalue weighted by Crippen LogP contribution is 2.41. The number of aliphatic hydroxyl groups excluding tert-OH is 3. The summed E-state index contributed by atoms with van der Waals surface area (Å²) >= 11 is 0. The molecule has 0 spiro atoms. The molecule has 14 nitrogen and oxygen atoms in total. The number of ether oxygens (including phenoxy) is 7. The van der Waals surface area contributed by atoms with Crippen LogP contribution >= 0.6 is 0 Å². The predicted octanol–water partition coefficient (Wildman–Crippen LogP) is 2.10. The van der Waals surface area contributed by atoms with Crippen LogP contribution < -0.4 is 5.32 Å². The van der Waals surface area contributed by atoms with E-state index in [9.17, 15) is 30.0 Å². The lowest BCUT2D eigenvalue weighted by Gasteiger charge is -2.49. The molecule has 3 aliphatic heterocycles. The van der Waals surface area contributed by atoms with Crippen LogP contribution in [0.1, 0.15) is 94.9 Å². The van der Waals surface area contributed by atoms with Crippen LogP contribution in [0.4, 0.5) is 0 Å². The molecule has 0 radical (unpaired) electrons. The summed E-state index contributed by atoms with van der Waals surface area (Å²) in [6, 6.07) is -0.334. The molecule has 3 rings (SSSR count). The molecule has 18 atom stereocenters. The monoisotopic (exact) mass is 733 g/mol. The van der Waals surface area contributed by atoms with E-state index in [0.717, 1.165) is 0 Å². The van der Waals surface area contributed by atoms with Crippen molar-refractivity contribution in [3.05, 3.63) is 0 Å². The average Bonchev–Trinajstić information content (AvgIpc) is 3.09. The van der Waals surface area contributed by atoms with E-state index in [4.69, 9.17) is 33.2 Å². The van der Waals surface area contributed by atoms with E-state index in [1.165, 1.54) is 21.1 Å². The largest absolute Gasteiger partial charge is 0.459 e. The van der Waals surface area contributed by atoms with Crippen LogP contribution in [0.15, 0.2) is 0 Å². The maximum Gasteiger partial charge on any atom is 0.311 e. The SMILES string of the molecule is CC[C@H]1OC(=O)[C@H](C)[C@@H](O[C@H]2C[C@@](C)(OC)[C@@H](O)[C@H](C)O2)[C@H](C)[C@@H](O[C@@H]2O[C@H](C)C[C@H](NC)[C@H]2O)[C@@](C)(OC)C[C@@H](C)C(=O)[C@H](C)[C@@H](O)[C@]1(C)O. The van der Waals surface area contributed by atoms with Crippen LogP contribution in [0.25, 0.3) is 0 Å². The fourth-order valence-electron chi connectivity index (χ4n) is 8.38. The number of methoxy groups -OCH3 is 2. The molecular formula is C37H67NO13. The molecule has 0 bridgehead atoms. The highest BCUT2D eigenvalue weighted by molar-refractivity contribution is 5.83. The van der Waals surface area contributed by atoms with Gasteiger partial charge >= 0.3 is 5.97 Å². The summed E-state index contributed by atoms with van der Waals surface area (Å²) in [7, 11) is 4.75. The van der Waals surface area contributed by atoms with E-state index < -0.39 is 102 Å². The number of aliphatic hydroxyl groups is 4. The van der Waals surface area contributed by atoms with Crippen molar-refractivity contribution in [2.75, 3.05) is 21.3 Å². The van der Waals surface area contributed by atoms with Crippen molar-refractivity contribution in [3.8, 4) is 0 Å². The summed E-state index contributed by atoms with van der Waals surface area (Å²) in [5.74, 6) is -4.47. The van der Waals surface area contributed by atoms with Gasteiger partial charge in [-0.2, -0.15) is 0 Å². The highest BCUT2D eigenvalue weighted by Gasteiger charge is 2.54. The molecule has 0 aromatic heterocycles. The fourth-order valence-corrected chi connectivity index (χ4v) is 8.38. The first-order valence-electron chi connectivity index (χ1n) is 18.5. The molecule has 0 unspecified atom stereocenters. The summed E-state index contributed by atoms with van der Waals surface area (Å²) in [5.41, 5.74) is -4.24. The molecule has 0 aliphatic carbocycles. The number of Topliss-reactive ketones (excluding diaryl/α,β-unsaturated/α-hetero) is 1. The van der Waals surface area contributed by atoms with Gasteiger partial charge in [-0.25, -0.2) is 0 Å². The van der Waals surface area contributed by atoms with Gasteiger partial charge in [0.05, 0.1) is 47.6 Å². The Labute approximate surface area is 304 Å². The zero-order chi connectivity index (χ0) is 38.8. The topological polar surface area (TPSA) is 192 Å². The fraction of sp³-hybridized carbons (Fsp3) is 0.946. The number of carbonyl (C=O) groups is 2. The van der Waals surface area contributed by atoms with Crippen LogP contribution in [-0.2, 0) is 42.7 Å². The number of nitrogens with one attached hydrogen (secondary N) is 1. The lowest BCUT2D eigenvalue weighted by atomic mass is 9.74. The summed E-state index contributed by atoms with van der Waals surface area (Å²) in [5, 5.41) is 48.4. The van der Waals surface area contributed by atoms with Gasteiger partial charge in [-0.05, 0) is 67.9 Å². The van der Waals surface area contributed by atoms with Gasteiger partial charge in [0.25, 0.3) is 0 Å². The smallest absolute Gasteiger partial charge is 0.311 e. The molecule has 0 amide bonds. The van der Waals surface area contributed by atoms with Gasteiger partial charge in [0, 0.05) is 44.4 Å². The normalized spacial score (nSPS) is 49.6. The highest BCUT2D eigenvalue weighted by atomic mass is 16.7. The van der Waals surface area contributed by atoms with Crippen molar-refractivity contribution in [1.82, 2.24) is 5.32 Å². The Morgan fingerprint density at radius 2 is 1.47 bits per heavy atom. The zero-order valence-electron chi connectivity index (χ0n) is 33.0. The predicted molar refractivity (Wildman–Crippen MR) is 186 cm³/mol. The van der Waals surface area contributed by atoms with Gasteiger partial charge in [0.1, 0.15) is 29.7 Å². The van der Waals surface area contributed by atoms with Gasteiger partial charge < -0.3 is 58.9 Å². The minimum Gasteiger partial charge on any atom is -0.459 e. The van der Waals surface area contributed by atoms with Crippen LogP contribution in [0, 0.1) is 23.7 Å². The van der Waals surface area contributed by atoms with Crippen LogP contribution in [0.5, 0.6) is 0 Å². The average molecular weight is 734 g/mol. The maximum atomic E-state index is 14.1. The number of carbonyl (C=O) groups excluding carboxylic acids is 2. The molecule has 3 heterocycles. The molecule has 298 valence electrons. The van der Waals surface area contributed by atoms with E-state index in [0.29, 0.717) is 6.42 Å².